The molecule has 0 radical (unpaired) electrons. The monoisotopic (exact) mass is 374 g/mol. The van der Waals surface area contributed by atoms with Crippen LogP contribution in [0.1, 0.15) is 12.7 Å². The number of nitrogens with zero attached hydrogens (tertiary/aromatic N) is 2. The van der Waals surface area contributed by atoms with Gasteiger partial charge in [-0.05, 0) is 24.3 Å². The van der Waals surface area contributed by atoms with E-state index in [0.29, 0.717) is 16.4 Å². The average molecular weight is 374 g/mol. The fourth-order valence-corrected chi connectivity index (χ4v) is 3.91. The van der Waals surface area contributed by atoms with Crippen molar-refractivity contribution in [3.63, 3.8) is 0 Å². The molecule has 0 saturated carbocycles. The largest absolute Gasteiger partial charge is 0.460 e. The molecule has 3 rings (SSSR count). The second-order valence-corrected chi connectivity index (χ2v) is 7.82. The van der Waals surface area contributed by atoms with Crippen LogP contribution in [0.4, 0.5) is 5.69 Å². The van der Waals surface area contributed by atoms with E-state index in [4.69, 9.17) is 4.42 Å². The first kappa shape index (κ1) is 18.1. The predicted octanol–water partition coefficient (Wildman–Crippen LogP) is 3.00. The van der Waals surface area contributed by atoms with E-state index in [1.54, 1.807) is 18.2 Å². The van der Waals surface area contributed by atoms with Gasteiger partial charge >= 0.3 is 0 Å². The van der Waals surface area contributed by atoms with Gasteiger partial charge in [-0.1, -0.05) is 30.3 Å². The summed E-state index contributed by atoms with van der Waals surface area (Å²) in [5.74, 6) is -0.199. The molecule has 0 bridgehead atoms. The van der Waals surface area contributed by atoms with Crippen LogP contribution in [0.2, 0.25) is 0 Å². The molecule has 0 aliphatic carbocycles. The van der Waals surface area contributed by atoms with Gasteiger partial charge in [0.15, 0.2) is 0 Å². The molecule has 0 atom stereocenters. The summed E-state index contributed by atoms with van der Waals surface area (Å²) in [7, 11) is -2.55. The second-order valence-electron chi connectivity index (χ2n) is 5.81. The molecule has 136 valence electrons. The van der Waals surface area contributed by atoms with Crippen LogP contribution >= 0.6 is 0 Å². The fourth-order valence-electron chi connectivity index (χ4n) is 2.61. The standard InChI is InChI=1S/C18H18N2O5S/c1-13(21)20(22)16-8-4-6-10-18(16)26(23,24)19(2)12-15-11-14-7-3-5-9-17(14)25-15/h3-11,22H,12H2,1-2H3. The third kappa shape index (κ3) is 3.34. The molecule has 1 heterocycles. The lowest BCUT2D eigenvalue weighted by atomic mass is 10.2. The Bertz CT molecular complexity index is 1030. The first-order valence-electron chi connectivity index (χ1n) is 7.83. The van der Waals surface area contributed by atoms with Crippen LogP contribution in [-0.2, 0) is 21.4 Å². The van der Waals surface area contributed by atoms with Crippen LogP contribution in [-0.4, -0.2) is 30.9 Å². The Kier molecular flexibility index (Phi) is 4.82. The Balaban J connectivity index is 1.93. The summed E-state index contributed by atoms with van der Waals surface area (Å²) in [4.78, 5) is 11.3. The molecule has 7 nitrogen and oxygen atoms in total. The quantitative estimate of drug-likeness (QED) is 0.548. The molecule has 1 N–H and O–H groups in total. The maximum absolute atomic E-state index is 12.9. The highest BCUT2D eigenvalue weighted by atomic mass is 32.2. The van der Waals surface area contributed by atoms with Crippen molar-refractivity contribution in [3.05, 3.63) is 60.4 Å². The lowest BCUT2D eigenvalue weighted by molar-refractivity contribution is -0.121. The van der Waals surface area contributed by atoms with E-state index in [0.717, 1.165) is 16.6 Å². The molecule has 0 unspecified atom stereocenters. The molecule has 0 aliphatic heterocycles. The summed E-state index contributed by atoms with van der Waals surface area (Å²) < 4.78 is 32.6. The van der Waals surface area contributed by atoms with Crippen molar-refractivity contribution in [1.82, 2.24) is 4.31 Å². The summed E-state index contributed by atoms with van der Waals surface area (Å²) in [6.45, 7) is 1.15. The van der Waals surface area contributed by atoms with Crippen LogP contribution in [0.15, 0.2) is 63.9 Å². The van der Waals surface area contributed by atoms with Crippen molar-refractivity contribution in [2.24, 2.45) is 0 Å². The number of fused-ring (bicyclic) bond motifs is 1. The van der Waals surface area contributed by atoms with E-state index in [9.17, 15) is 18.4 Å². The van der Waals surface area contributed by atoms with Gasteiger partial charge in [0.05, 0.1) is 12.2 Å². The predicted molar refractivity (Wildman–Crippen MR) is 96.3 cm³/mol. The number of furan rings is 1. The van der Waals surface area contributed by atoms with Crippen molar-refractivity contribution in [3.8, 4) is 0 Å². The number of amides is 1. The van der Waals surface area contributed by atoms with E-state index >= 15 is 0 Å². The van der Waals surface area contributed by atoms with Crippen molar-refractivity contribution >= 4 is 32.6 Å². The summed E-state index contributed by atoms with van der Waals surface area (Å²) in [5, 5.41) is 11.1. The zero-order chi connectivity index (χ0) is 18.9. The summed E-state index contributed by atoms with van der Waals surface area (Å²) in [6, 6.07) is 14.9. The van der Waals surface area contributed by atoms with Crippen molar-refractivity contribution < 1.29 is 22.8 Å². The van der Waals surface area contributed by atoms with Gasteiger partial charge in [0, 0.05) is 19.4 Å². The van der Waals surface area contributed by atoms with Gasteiger partial charge < -0.3 is 4.42 Å². The minimum Gasteiger partial charge on any atom is -0.460 e. The molecule has 0 spiro atoms. The normalized spacial score (nSPS) is 11.8. The third-order valence-corrected chi connectivity index (χ3v) is 5.79. The van der Waals surface area contributed by atoms with E-state index in [1.807, 2.05) is 18.2 Å². The third-order valence-electron chi connectivity index (χ3n) is 3.93. The second kappa shape index (κ2) is 6.91. The first-order valence-corrected chi connectivity index (χ1v) is 9.27. The number of para-hydroxylation sites is 2. The van der Waals surface area contributed by atoms with Gasteiger partial charge in [0.2, 0.25) is 15.9 Å². The Morgan fingerprint density at radius 1 is 1.12 bits per heavy atom. The number of carbonyl (C=O) groups is 1. The molecule has 2 aromatic carbocycles. The molecule has 0 saturated heterocycles. The Morgan fingerprint density at radius 2 is 1.77 bits per heavy atom. The van der Waals surface area contributed by atoms with Crippen LogP contribution in [0.5, 0.6) is 0 Å². The number of benzene rings is 2. The van der Waals surface area contributed by atoms with E-state index in [1.165, 1.54) is 25.2 Å². The number of rotatable bonds is 5. The highest BCUT2D eigenvalue weighted by Gasteiger charge is 2.27. The van der Waals surface area contributed by atoms with Crippen LogP contribution in [0.25, 0.3) is 11.0 Å². The smallest absolute Gasteiger partial charge is 0.247 e. The Morgan fingerprint density at radius 3 is 2.46 bits per heavy atom. The van der Waals surface area contributed by atoms with Gasteiger partial charge in [-0.25, -0.2) is 8.42 Å². The van der Waals surface area contributed by atoms with Crippen LogP contribution in [0, 0.1) is 0 Å². The average Bonchev–Trinajstić information content (AvgIpc) is 3.03. The zero-order valence-corrected chi connectivity index (χ0v) is 15.1. The van der Waals surface area contributed by atoms with E-state index in [2.05, 4.69) is 0 Å². The maximum Gasteiger partial charge on any atom is 0.247 e. The van der Waals surface area contributed by atoms with Crippen LogP contribution < -0.4 is 5.06 Å². The lowest BCUT2D eigenvalue weighted by Crippen LogP contribution is -2.30. The summed E-state index contributed by atoms with van der Waals surface area (Å²) in [6.07, 6.45) is 0. The Hall–Kier alpha value is -2.68. The molecule has 3 aromatic rings. The van der Waals surface area contributed by atoms with Crippen molar-refractivity contribution in [1.29, 1.82) is 0 Å². The SMILES string of the molecule is CC(=O)N(O)c1ccccc1S(=O)(=O)N(C)Cc1cc2ccccc2o1. The first-order chi connectivity index (χ1) is 12.3. The van der Waals surface area contributed by atoms with Gasteiger partial charge in [0.1, 0.15) is 16.2 Å². The fraction of sp³-hybridized carbons (Fsp3) is 0.167. The molecular weight excluding hydrogens is 356 g/mol. The number of sulfonamides is 1. The number of hydroxylamine groups is 1. The highest BCUT2D eigenvalue weighted by Crippen LogP contribution is 2.28. The molecule has 8 heteroatoms. The molecule has 0 aliphatic rings. The number of carbonyl (C=O) groups excluding carboxylic acids is 1. The highest BCUT2D eigenvalue weighted by molar-refractivity contribution is 7.89. The summed E-state index contributed by atoms with van der Waals surface area (Å²) in [5.41, 5.74) is 0.572. The van der Waals surface area contributed by atoms with E-state index < -0.39 is 15.9 Å². The van der Waals surface area contributed by atoms with Crippen molar-refractivity contribution in [2.75, 3.05) is 12.1 Å². The molecule has 26 heavy (non-hydrogen) atoms. The zero-order valence-electron chi connectivity index (χ0n) is 14.3. The minimum absolute atomic E-state index is 0.0108. The molecule has 0 fully saturated rings. The molecule has 1 aromatic heterocycles. The van der Waals surface area contributed by atoms with Gasteiger partial charge in [-0.15, -0.1) is 0 Å². The Labute approximate surface area is 151 Å². The number of hydrogen-bond donors (Lipinski definition) is 1. The van der Waals surface area contributed by atoms with Gasteiger partial charge in [-0.3, -0.25) is 10.0 Å². The minimum atomic E-state index is -3.96. The summed E-state index contributed by atoms with van der Waals surface area (Å²) >= 11 is 0. The van der Waals surface area contributed by atoms with E-state index in [-0.39, 0.29) is 17.1 Å². The topological polar surface area (TPSA) is 91.1 Å². The maximum atomic E-state index is 12.9. The van der Waals surface area contributed by atoms with Crippen LogP contribution in [0.3, 0.4) is 0 Å². The molecular formula is C18H18N2O5S. The lowest BCUT2D eigenvalue weighted by Gasteiger charge is -2.21. The van der Waals surface area contributed by atoms with Gasteiger partial charge in [0.25, 0.3) is 0 Å². The molecule has 1 amide bonds. The van der Waals surface area contributed by atoms with Crippen molar-refractivity contribution in [2.45, 2.75) is 18.4 Å². The number of hydrogen-bond acceptors (Lipinski definition) is 5. The number of anilines is 1. The van der Waals surface area contributed by atoms with Gasteiger partial charge in [-0.2, -0.15) is 9.37 Å².